The first-order valence-electron chi connectivity index (χ1n) is 7.48. The van der Waals surface area contributed by atoms with Crippen molar-refractivity contribution in [1.29, 1.82) is 0 Å². The zero-order valence-corrected chi connectivity index (χ0v) is 13.9. The van der Waals surface area contributed by atoms with Crippen LogP contribution in [0.2, 0.25) is 0 Å². The van der Waals surface area contributed by atoms with E-state index in [0.29, 0.717) is 5.75 Å². The molecular weight excluding hydrogens is 319 g/mol. The third-order valence-corrected chi connectivity index (χ3v) is 4.14. The Bertz CT molecular complexity index is 924. The van der Waals surface area contributed by atoms with Crippen LogP contribution < -0.4 is 12.4 Å². The smallest absolute Gasteiger partial charge is 0.616 e. The molecule has 0 unspecified atom stereocenters. The molecule has 0 bridgehead atoms. The summed E-state index contributed by atoms with van der Waals surface area (Å²) in [5.41, 5.74) is 2.25. The van der Waals surface area contributed by atoms with Crippen LogP contribution in [0.3, 0.4) is 0 Å². The second kappa shape index (κ2) is 6.75. The molecule has 115 valence electrons. The van der Waals surface area contributed by atoms with Crippen LogP contribution in [0.5, 0.6) is 11.5 Å². The van der Waals surface area contributed by atoms with Crippen molar-refractivity contribution in [2.24, 2.45) is 0 Å². The van der Waals surface area contributed by atoms with Gasteiger partial charge in [0.1, 0.15) is 4.85 Å². The zero-order valence-electron chi connectivity index (χ0n) is 12.7. The SMILES string of the molecule is c1ccc([O][Al][O]c2ccccc2-[n+]2nc3ccccc3o2)cc1. The van der Waals surface area contributed by atoms with E-state index in [1.165, 1.54) is 4.85 Å². The first-order valence-corrected chi connectivity index (χ1v) is 8.42. The van der Waals surface area contributed by atoms with E-state index in [9.17, 15) is 0 Å². The molecule has 4 aromatic rings. The Hall–Kier alpha value is -2.81. The summed E-state index contributed by atoms with van der Waals surface area (Å²) in [4.78, 5) is 1.47. The molecule has 0 amide bonds. The number of para-hydroxylation sites is 4. The summed E-state index contributed by atoms with van der Waals surface area (Å²) in [5.74, 6) is 1.46. The normalized spacial score (nSPS) is 10.5. The molecule has 24 heavy (non-hydrogen) atoms. The minimum Gasteiger partial charge on any atom is -0.616 e. The molecule has 0 saturated heterocycles. The Morgan fingerprint density at radius 1 is 0.792 bits per heavy atom. The molecular formula is C18H13AlN2O3+. The highest BCUT2D eigenvalue weighted by atomic mass is 27.2. The number of hydrogen-bond acceptors (Lipinski definition) is 4. The second-order valence-electron chi connectivity index (χ2n) is 5.04. The van der Waals surface area contributed by atoms with E-state index >= 15 is 0 Å². The molecule has 0 spiro atoms. The van der Waals surface area contributed by atoms with Crippen LogP contribution in [0.1, 0.15) is 0 Å². The van der Waals surface area contributed by atoms with Gasteiger partial charge in [0.25, 0.3) is 0 Å². The summed E-state index contributed by atoms with van der Waals surface area (Å²) in [6.07, 6.45) is 0. The molecule has 0 N–H and O–H groups in total. The molecule has 1 heterocycles. The van der Waals surface area contributed by atoms with Gasteiger partial charge in [-0.3, -0.25) is 0 Å². The van der Waals surface area contributed by atoms with Gasteiger partial charge in [-0.2, -0.15) is 0 Å². The quantitative estimate of drug-likeness (QED) is 0.416. The third kappa shape index (κ3) is 3.11. The van der Waals surface area contributed by atoms with Crippen molar-refractivity contribution in [3.05, 3.63) is 78.9 Å². The fourth-order valence-electron chi connectivity index (χ4n) is 2.28. The first kappa shape index (κ1) is 14.8. The molecule has 1 aromatic heterocycles. The standard InChI is InChI=1S/C12H8N2O2.C6H6O.Al/c15-11-7-3-2-6-10(11)14-13-9-5-1-4-8-12(9)16-14;7-6-4-2-1-3-5-6;/h1-8H;1-5,7H;/q;;+2/p-1. The predicted molar refractivity (Wildman–Crippen MR) is 89.0 cm³/mol. The lowest BCUT2D eigenvalue weighted by molar-refractivity contribution is -0.828. The monoisotopic (exact) mass is 332 g/mol. The van der Waals surface area contributed by atoms with E-state index in [1.807, 2.05) is 78.9 Å². The minimum absolute atomic E-state index is 0.667. The van der Waals surface area contributed by atoms with Crippen molar-refractivity contribution < 1.29 is 17.0 Å². The van der Waals surface area contributed by atoms with Gasteiger partial charge >= 0.3 is 21.6 Å². The summed E-state index contributed by atoms with van der Waals surface area (Å²) in [6, 6.07) is 24.8. The maximum absolute atomic E-state index is 5.83. The number of rotatable bonds is 5. The Balaban J connectivity index is 1.56. The van der Waals surface area contributed by atoms with Gasteiger partial charge in [0.05, 0.1) is 10.8 Å². The molecule has 3 aromatic carbocycles. The van der Waals surface area contributed by atoms with Crippen LogP contribution in [-0.4, -0.2) is 21.0 Å². The van der Waals surface area contributed by atoms with Crippen molar-refractivity contribution in [1.82, 2.24) is 5.10 Å². The Labute approximate surface area is 145 Å². The lowest BCUT2D eigenvalue weighted by atomic mass is 10.3. The maximum atomic E-state index is 5.83. The topological polar surface area (TPSA) is 48.4 Å². The first-order chi connectivity index (χ1) is 11.9. The maximum Gasteiger partial charge on any atom is 0.882 e. The Morgan fingerprint density at radius 3 is 2.42 bits per heavy atom. The van der Waals surface area contributed by atoms with Gasteiger partial charge in [-0.25, -0.2) is 4.52 Å². The molecule has 1 radical (unpaired) electrons. The van der Waals surface area contributed by atoms with E-state index in [4.69, 9.17) is 12.1 Å². The molecule has 6 heteroatoms. The van der Waals surface area contributed by atoms with Crippen molar-refractivity contribution in [2.45, 2.75) is 0 Å². The van der Waals surface area contributed by atoms with Gasteiger partial charge in [0.15, 0.2) is 11.3 Å². The van der Waals surface area contributed by atoms with E-state index in [0.717, 1.165) is 22.5 Å². The van der Waals surface area contributed by atoms with E-state index < -0.39 is 15.9 Å². The highest BCUT2D eigenvalue weighted by Gasteiger charge is 2.22. The average molecular weight is 332 g/mol. The van der Waals surface area contributed by atoms with Crippen molar-refractivity contribution in [2.75, 3.05) is 0 Å². The lowest BCUT2D eigenvalue weighted by Gasteiger charge is -2.07. The summed E-state index contributed by atoms with van der Waals surface area (Å²) in [7, 11) is 0. The van der Waals surface area contributed by atoms with Gasteiger partial charge in [-0.1, -0.05) is 42.5 Å². The highest BCUT2D eigenvalue weighted by molar-refractivity contribution is 6.20. The van der Waals surface area contributed by atoms with Gasteiger partial charge in [-0.15, -0.1) is 0 Å². The van der Waals surface area contributed by atoms with Gasteiger partial charge < -0.3 is 7.58 Å². The number of benzene rings is 3. The Morgan fingerprint density at radius 2 is 1.54 bits per heavy atom. The van der Waals surface area contributed by atoms with Crippen LogP contribution in [0.4, 0.5) is 0 Å². The predicted octanol–water partition coefficient (Wildman–Crippen LogP) is 3.10. The van der Waals surface area contributed by atoms with Crippen LogP contribution in [0.25, 0.3) is 16.8 Å². The Kier molecular flexibility index (Phi) is 4.15. The summed E-state index contributed by atoms with van der Waals surface area (Å²) in [5, 5.41) is 4.45. The number of hydrogen-bond donors (Lipinski definition) is 0. The fraction of sp³-hybridized carbons (Fsp3) is 0. The molecule has 0 atom stereocenters. The minimum atomic E-state index is -0.694. The highest BCUT2D eigenvalue weighted by Crippen LogP contribution is 2.19. The molecule has 0 aliphatic heterocycles. The van der Waals surface area contributed by atoms with Crippen LogP contribution >= 0.6 is 0 Å². The molecule has 0 aliphatic carbocycles. The third-order valence-electron chi connectivity index (χ3n) is 3.42. The van der Waals surface area contributed by atoms with Crippen LogP contribution in [0.15, 0.2) is 83.4 Å². The zero-order chi connectivity index (χ0) is 16.2. The molecule has 5 nitrogen and oxygen atoms in total. The second-order valence-corrected chi connectivity index (χ2v) is 5.71. The van der Waals surface area contributed by atoms with Gasteiger partial charge in [-0.05, 0) is 30.3 Å². The molecule has 0 fully saturated rings. The number of nitrogens with zero attached hydrogens (tertiary/aromatic N) is 2. The fourth-order valence-corrected chi connectivity index (χ4v) is 2.90. The van der Waals surface area contributed by atoms with Crippen molar-refractivity contribution >= 4 is 27.0 Å². The lowest BCUT2D eigenvalue weighted by Crippen LogP contribution is -2.32. The summed E-state index contributed by atoms with van der Waals surface area (Å²) < 4.78 is 17.2. The molecule has 0 saturated carbocycles. The summed E-state index contributed by atoms with van der Waals surface area (Å²) in [6.45, 7) is 0. The van der Waals surface area contributed by atoms with E-state index in [-0.39, 0.29) is 0 Å². The van der Waals surface area contributed by atoms with E-state index in [2.05, 4.69) is 5.10 Å². The molecule has 0 aliphatic rings. The van der Waals surface area contributed by atoms with E-state index in [1.54, 1.807) is 0 Å². The largest absolute Gasteiger partial charge is 0.882 e. The summed E-state index contributed by atoms with van der Waals surface area (Å²) >= 11 is -0.694. The van der Waals surface area contributed by atoms with Gasteiger partial charge in [0.2, 0.25) is 5.58 Å². The average Bonchev–Trinajstić information content (AvgIpc) is 3.07. The van der Waals surface area contributed by atoms with Crippen molar-refractivity contribution in [3.8, 4) is 17.2 Å². The number of aromatic nitrogens is 2. The van der Waals surface area contributed by atoms with Crippen molar-refractivity contribution in [3.63, 3.8) is 0 Å². The van der Waals surface area contributed by atoms with Crippen LogP contribution in [0, 0.1) is 0 Å². The molecule has 4 rings (SSSR count). The van der Waals surface area contributed by atoms with Crippen LogP contribution in [-0.2, 0) is 0 Å². The van der Waals surface area contributed by atoms with Gasteiger partial charge in [0, 0.05) is 6.07 Å². The number of fused-ring (bicyclic) bond motifs is 1.